The van der Waals surface area contributed by atoms with E-state index in [0.29, 0.717) is 0 Å². The summed E-state index contributed by atoms with van der Waals surface area (Å²) in [5, 5.41) is 10.00. The second-order valence-electron chi connectivity index (χ2n) is 1.53. The van der Waals surface area contributed by atoms with Crippen LogP contribution in [0.1, 0.15) is 6.92 Å². The minimum absolute atomic E-state index is 0.0855. The van der Waals surface area contributed by atoms with Crippen molar-refractivity contribution in [3.63, 3.8) is 0 Å². The van der Waals surface area contributed by atoms with E-state index in [9.17, 15) is 14.5 Å². The SMILES string of the molecule is C/C=C(\C=C/CF)[N+](=O)[O-]. The first-order chi connectivity index (χ1) is 4.72. The van der Waals surface area contributed by atoms with Gasteiger partial charge in [0.25, 0.3) is 5.70 Å². The number of nitro groups is 1. The first-order valence-electron chi connectivity index (χ1n) is 2.75. The van der Waals surface area contributed by atoms with Gasteiger partial charge in [0.1, 0.15) is 6.67 Å². The highest BCUT2D eigenvalue weighted by atomic mass is 19.1. The number of nitrogens with zero attached hydrogens (tertiary/aromatic N) is 1. The van der Waals surface area contributed by atoms with Crippen molar-refractivity contribution in [1.29, 1.82) is 0 Å². The van der Waals surface area contributed by atoms with Crippen molar-refractivity contribution in [2.45, 2.75) is 6.92 Å². The van der Waals surface area contributed by atoms with Crippen LogP contribution in [0, 0.1) is 10.1 Å². The Hall–Kier alpha value is -1.19. The maximum absolute atomic E-state index is 11.4. The van der Waals surface area contributed by atoms with E-state index in [1.165, 1.54) is 13.0 Å². The normalized spacial score (nSPS) is 12.4. The molecule has 0 aliphatic carbocycles. The Labute approximate surface area is 58.0 Å². The molecule has 56 valence electrons. The van der Waals surface area contributed by atoms with Crippen LogP contribution in [0.3, 0.4) is 0 Å². The fourth-order valence-corrected chi connectivity index (χ4v) is 0.428. The quantitative estimate of drug-likeness (QED) is 0.344. The van der Waals surface area contributed by atoms with E-state index in [1.54, 1.807) is 0 Å². The Balaban J connectivity index is 4.12. The van der Waals surface area contributed by atoms with Gasteiger partial charge in [0.05, 0.1) is 4.92 Å². The molecule has 4 heteroatoms. The summed E-state index contributed by atoms with van der Waals surface area (Å²) in [6.07, 6.45) is 3.55. The molecule has 0 N–H and O–H groups in total. The van der Waals surface area contributed by atoms with E-state index in [2.05, 4.69) is 0 Å². The molecule has 0 bridgehead atoms. The van der Waals surface area contributed by atoms with Gasteiger partial charge in [-0.25, -0.2) is 4.39 Å². The van der Waals surface area contributed by atoms with Gasteiger partial charge in [0.15, 0.2) is 0 Å². The van der Waals surface area contributed by atoms with Crippen LogP contribution in [0.5, 0.6) is 0 Å². The smallest absolute Gasteiger partial charge is 0.258 e. The van der Waals surface area contributed by atoms with Gasteiger partial charge < -0.3 is 0 Å². The van der Waals surface area contributed by atoms with Crippen LogP contribution in [0.2, 0.25) is 0 Å². The standard InChI is InChI=1S/C6H8FNO2/c1-2-6(8(9)10)4-3-5-7/h2-4H,5H2,1H3/b4-3-,6-2+. The molecule has 0 aliphatic heterocycles. The summed E-state index contributed by atoms with van der Waals surface area (Å²) < 4.78 is 11.4. The third-order valence-corrected chi connectivity index (χ3v) is 0.884. The number of rotatable bonds is 3. The van der Waals surface area contributed by atoms with Gasteiger partial charge in [0.2, 0.25) is 0 Å². The van der Waals surface area contributed by atoms with Crippen LogP contribution in [0.4, 0.5) is 4.39 Å². The summed E-state index contributed by atoms with van der Waals surface area (Å²) in [4.78, 5) is 9.44. The first kappa shape index (κ1) is 8.81. The molecule has 0 aromatic carbocycles. The Morgan fingerprint density at radius 3 is 2.70 bits per heavy atom. The molecule has 3 nitrogen and oxygen atoms in total. The van der Waals surface area contributed by atoms with Crippen molar-refractivity contribution >= 4 is 0 Å². The number of halogens is 1. The number of allylic oxidation sites excluding steroid dienone is 3. The van der Waals surface area contributed by atoms with E-state index < -0.39 is 11.6 Å². The van der Waals surface area contributed by atoms with Crippen LogP contribution in [-0.2, 0) is 0 Å². The molecule has 10 heavy (non-hydrogen) atoms. The van der Waals surface area contributed by atoms with Crippen molar-refractivity contribution in [3.05, 3.63) is 34.0 Å². The molecule has 0 aromatic heterocycles. The molecular weight excluding hydrogens is 137 g/mol. The minimum atomic E-state index is -0.675. The molecule has 0 atom stereocenters. The van der Waals surface area contributed by atoms with Gasteiger partial charge in [-0.05, 0) is 19.1 Å². The minimum Gasteiger partial charge on any atom is -0.258 e. The highest BCUT2D eigenvalue weighted by Gasteiger charge is 2.00. The van der Waals surface area contributed by atoms with Crippen molar-refractivity contribution in [3.8, 4) is 0 Å². The lowest BCUT2D eigenvalue weighted by molar-refractivity contribution is -0.419. The Morgan fingerprint density at radius 1 is 1.80 bits per heavy atom. The lowest BCUT2D eigenvalue weighted by atomic mass is 10.4. The summed E-state index contributed by atoms with van der Waals surface area (Å²) >= 11 is 0. The van der Waals surface area contributed by atoms with E-state index in [4.69, 9.17) is 0 Å². The van der Waals surface area contributed by atoms with Crippen molar-refractivity contribution in [1.82, 2.24) is 0 Å². The molecule has 0 saturated heterocycles. The van der Waals surface area contributed by atoms with Gasteiger partial charge >= 0.3 is 0 Å². The topological polar surface area (TPSA) is 43.1 Å². The predicted molar refractivity (Wildman–Crippen MR) is 35.9 cm³/mol. The molecule has 0 aromatic rings. The molecule has 0 rings (SSSR count). The van der Waals surface area contributed by atoms with Gasteiger partial charge in [-0.3, -0.25) is 10.1 Å². The molecule has 0 saturated carbocycles. The molecule has 0 amide bonds. The van der Waals surface area contributed by atoms with Gasteiger partial charge in [0, 0.05) is 6.08 Å². The van der Waals surface area contributed by atoms with Gasteiger partial charge in [-0.1, -0.05) is 0 Å². The number of alkyl halides is 1. The first-order valence-corrected chi connectivity index (χ1v) is 2.75. The van der Waals surface area contributed by atoms with Crippen LogP contribution in [-0.4, -0.2) is 11.6 Å². The van der Waals surface area contributed by atoms with Crippen molar-refractivity contribution < 1.29 is 9.31 Å². The van der Waals surface area contributed by atoms with E-state index >= 15 is 0 Å². The maximum Gasteiger partial charge on any atom is 0.264 e. The summed E-state index contributed by atoms with van der Waals surface area (Å²) in [5.41, 5.74) is -0.0855. The molecule has 0 fully saturated rings. The largest absolute Gasteiger partial charge is 0.264 e. The third kappa shape index (κ3) is 2.96. The highest BCUT2D eigenvalue weighted by Crippen LogP contribution is 1.96. The molecule has 0 spiro atoms. The molecule has 0 aliphatic rings. The Kier molecular flexibility index (Phi) is 4.11. The van der Waals surface area contributed by atoms with Gasteiger partial charge in [-0.2, -0.15) is 0 Å². The molecule has 0 unspecified atom stereocenters. The predicted octanol–water partition coefficient (Wildman–Crippen LogP) is 1.69. The van der Waals surface area contributed by atoms with Crippen LogP contribution < -0.4 is 0 Å². The number of hydrogen-bond acceptors (Lipinski definition) is 2. The lowest BCUT2D eigenvalue weighted by Crippen LogP contribution is -1.94. The Morgan fingerprint density at radius 2 is 2.40 bits per heavy atom. The monoisotopic (exact) mass is 145 g/mol. The molecule has 0 radical (unpaired) electrons. The third-order valence-electron chi connectivity index (χ3n) is 0.884. The van der Waals surface area contributed by atoms with Crippen LogP contribution in [0.15, 0.2) is 23.9 Å². The Bertz CT molecular complexity index is 175. The zero-order chi connectivity index (χ0) is 7.98. The van der Waals surface area contributed by atoms with E-state index in [1.807, 2.05) is 0 Å². The average Bonchev–Trinajstić information content (AvgIpc) is 1.89. The second kappa shape index (κ2) is 4.67. The second-order valence-corrected chi connectivity index (χ2v) is 1.53. The van der Waals surface area contributed by atoms with E-state index in [-0.39, 0.29) is 5.70 Å². The van der Waals surface area contributed by atoms with Crippen LogP contribution >= 0.6 is 0 Å². The van der Waals surface area contributed by atoms with E-state index in [0.717, 1.165) is 12.2 Å². The maximum atomic E-state index is 11.4. The average molecular weight is 145 g/mol. The molecular formula is C6H8FNO2. The van der Waals surface area contributed by atoms with Crippen LogP contribution in [0.25, 0.3) is 0 Å². The summed E-state index contributed by atoms with van der Waals surface area (Å²) in [6, 6.07) is 0. The lowest BCUT2D eigenvalue weighted by Gasteiger charge is -1.86. The fraction of sp³-hybridized carbons (Fsp3) is 0.333. The number of hydrogen-bond donors (Lipinski definition) is 0. The summed E-state index contributed by atoms with van der Waals surface area (Å²) in [5.74, 6) is 0. The molecule has 0 heterocycles. The zero-order valence-corrected chi connectivity index (χ0v) is 5.58. The zero-order valence-electron chi connectivity index (χ0n) is 5.58. The van der Waals surface area contributed by atoms with Gasteiger partial charge in [-0.15, -0.1) is 0 Å². The fourth-order valence-electron chi connectivity index (χ4n) is 0.428. The van der Waals surface area contributed by atoms with Crippen molar-refractivity contribution in [2.24, 2.45) is 0 Å². The summed E-state index contributed by atoms with van der Waals surface area (Å²) in [6.45, 7) is 0.853. The highest BCUT2D eigenvalue weighted by molar-refractivity contribution is 5.09. The van der Waals surface area contributed by atoms with Crippen molar-refractivity contribution in [2.75, 3.05) is 6.67 Å². The summed E-state index contributed by atoms with van der Waals surface area (Å²) in [7, 11) is 0.